The maximum absolute atomic E-state index is 13.6. The van der Waals surface area contributed by atoms with Crippen molar-refractivity contribution in [3.63, 3.8) is 0 Å². The minimum atomic E-state index is -3.86. The fourth-order valence-corrected chi connectivity index (χ4v) is 5.18. The van der Waals surface area contributed by atoms with Gasteiger partial charge in [0.1, 0.15) is 5.15 Å². The van der Waals surface area contributed by atoms with Gasteiger partial charge in [0.25, 0.3) is 10.0 Å². The minimum absolute atomic E-state index is 0.204. The Labute approximate surface area is 169 Å². The summed E-state index contributed by atoms with van der Waals surface area (Å²) >= 11 is 5.99. The molecule has 0 saturated carbocycles. The fourth-order valence-electron chi connectivity index (χ4n) is 3.15. The maximum atomic E-state index is 13.6. The summed E-state index contributed by atoms with van der Waals surface area (Å²) in [5.74, 6) is -0.332. The number of ether oxygens (including phenoxy) is 1. The molecule has 0 aliphatic rings. The van der Waals surface area contributed by atoms with Gasteiger partial charge in [-0.05, 0) is 62.1 Å². The van der Waals surface area contributed by atoms with Crippen molar-refractivity contribution in [1.82, 2.24) is 8.96 Å². The van der Waals surface area contributed by atoms with Gasteiger partial charge in [0.15, 0.2) is 0 Å². The van der Waals surface area contributed by atoms with E-state index in [2.05, 4.69) is 9.72 Å². The van der Waals surface area contributed by atoms with Gasteiger partial charge in [-0.2, -0.15) is 0 Å². The van der Waals surface area contributed by atoms with Crippen LogP contribution in [0.25, 0.3) is 11.0 Å². The molecule has 0 bridgehead atoms. The lowest BCUT2D eigenvalue weighted by Crippen LogP contribution is -2.17. The van der Waals surface area contributed by atoms with Crippen LogP contribution in [-0.4, -0.2) is 30.5 Å². The van der Waals surface area contributed by atoms with Crippen molar-refractivity contribution in [2.75, 3.05) is 7.11 Å². The molecule has 1 aromatic carbocycles. The highest BCUT2D eigenvalue weighted by Gasteiger charge is 2.25. The van der Waals surface area contributed by atoms with Crippen molar-refractivity contribution >= 4 is 38.6 Å². The molecule has 0 amide bonds. The molecule has 28 heavy (non-hydrogen) atoms. The molecule has 6 nitrogen and oxygen atoms in total. The number of hydrogen-bond donors (Lipinski definition) is 0. The number of aromatic nitrogens is 2. The Morgan fingerprint density at radius 3 is 2.64 bits per heavy atom. The Morgan fingerprint density at radius 2 is 1.93 bits per heavy atom. The van der Waals surface area contributed by atoms with Crippen molar-refractivity contribution in [3.05, 3.63) is 58.4 Å². The van der Waals surface area contributed by atoms with Crippen LogP contribution in [0.15, 0.2) is 41.3 Å². The number of rotatable bonds is 6. The van der Waals surface area contributed by atoms with Crippen molar-refractivity contribution in [2.45, 2.75) is 38.0 Å². The van der Waals surface area contributed by atoms with Crippen LogP contribution in [0.5, 0.6) is 0 Å². The third-order valence-electron chi connectivity index (χ3n) is 4.55. The van der Waals surface area contributed by atoms with E-state index in [9.17, 15) is 13.2 Å². The van der Waals surface area contributed by atoms with E-state index in [0.717, 1.165) is 5.56 Å². The molecule has 0 N–H and O–H groups in total. The summed E-state index contributed by atoms with van der Waals surface area (Å²) in [5.41, 5.74) is 3.02. The number of methoxy groups -OCH3 is 1. The summed E-state index contributed by atoms with van der Waals surface area (Å²) in [4.78, 5) is 15.9. The van der Waals surface area contributed by atoms with Crippen LogP contribution < -0.4 is 0 Å². The SMILES string of the molecule is COC(=O)CCCc1cc2nc(Cl)ccc2n1S(=O)(=O)c1cc(C)ccc1C. The van der Waals surface area contributed by atoms with Crippen LogP contribution in [0.2, 0.25) is 5.15 Å². The number of hydrogen-bond acceptors (Lipinski definition) is 5. The molecular weight excluding hydrogens is 400 g/mol. The molecule has 0 atom stereocenters. The summed E-state index contributed by atoms with van der Waals surface area (Å²) in [7, 11) is -2.53. The lowest BCUT2D eigenvalue weighted by Gasteiger charge is -2.14. The van der Waals surface area contributed by atoms with Gasteiger partial charge in [0.2, 0.25) is 0 Å². The first-order valence-electron chi connectivity index (χ1n) is 8.80. The molecule has 2 heterocycles. The molecule has 2 aromatic heterocycles. The summed E-state index contributed by atoms with van der Waals surface area (Å²) in [6.45, 7) is 3.62. The fraction of sp³-hybridized carbons (Fsp3) is 0.300. The van der Waals surface area contributed by atoms with Crippen LogP contribution >= 0.6 is 11.6 Å². The van der Waals surface area contributed by atoms with E-state index in [1.165, 1.54) is 11.1 Å². The van der Waals surface area contributed by atoms with Gasteiger partial charge in [-0.25, -0.2) is 17.4 Å². The Bertz CT molecular complexity index is 1150. The number of benzene rings is 1. The molecule has 148 valence electrons. The summed E-state index contributed by atoms with van der Waals surface area (Å²) < 4.78 is 33.1. The summed E-state index contributed by atoms with van der Waals surface area (Å²) in [6, 6.07) is 10.3. The zero-order chi connectivity index (χ0) is 20.5. The van der Waals surface area contributed by atoms with Gasteiger partial charge in [-0.1, -0.05) is 23.7 Å². The van der Waals surface area contributed by atoms with Gasteiger partial charge in [0.05, 0.1) is 23.0 Å². The van der Waals surface area contributed by atoms with Gasteiger partial charge in [-0.3, -0.25) is 4.79 Å². The monoisotopic (exact) mass is 420 g/mol. The van der Waals surface area contributed by atoms with E-state index in [0.29, 0.717) is 35.1 Å². The lowest BCUT2D eigenvalue weighted by molar-refractivity contribution is -0.140. The Morgan fingerprint density at radius 1 is 1.18 bits per heavy atom. The molecule has 0 aliphatic heterocycles. The van der Waals surface area contributed by atoms with E-state index in [-0.39, 0.29) is 22.4 Å². The number of esters is 1. The van der Waals surface area contributed by atoms with Gasteiger partial charge >= 0.3 is 5.97 Å². The van der Waals surface area contributed by atoms with Crippen LogP contribution in [0.4, 0.5) is 0 Å². The first-order chi connectivity index (χ1) is 13.2. The van der Waals surface area contributed by atoms with Crippen molar-refractivity contribution < 1.29 is 17.9 Å². The highest BCUT2D eigenvalue weighted by molar-refractivity contribution is 7.90. The van der Waals surface area contributed by atoms with Crippen LogP contribution in [-0.2, 0) is 26.0 Å². The Balaban J connectivity index is 2.15. The second-order valence-electron chi connectivity index (χ2n) is 6.64. The van der Waals surface area contributed by atoms with Crippen LogP contribution in [0.1, 0.15) is 29.7 Å². The molecule has 0 radical (unpaired) electrons. The number of carbonyl (C=O) groups excluding carboxylic acids is 1. The first-order valence-corrected chi connectivity index (χ1v) is 10.6. The number of nitrogens with zero attached hydrogens (tertiary/aromatic N) is 2. The first kappa shape index (κ1) is 20.4. The molecule has 0 unspecified atom stereocenters. The topological polar surface area (TPSA) is 78.3 Å². The Hall–Kier alpha value is -2.38. The standard InChI is InChI=1S/C20H21ClN2O4S/c1-13-7-8-14(2)18(11-13)28(25,26)23-15(5-4-6-20(24)27-3)12-16-17(23)9-10-19(21)22-16/h7-12H,4-6H2,1-3H3. The molecule has 3 rings (SSSR count). The smallest absolute Gasteiger partial charge is 0.305 e. The average Bonchev–Trinajstić information content (AvgIpc) is 3.01. The van der Waals surface area contributed by atoms with E-state index in [4.69, 9.17) is 11.6 Å². The Kier molecular flexibility index (Phi) is 5.76. The highest BCUT2D eigenvalue weighted by Crippen LogP contribution is 2.29. The van der Waals surface area contributed by atoms with E-state index < -0.39 is 10.0 Å². The van der Waals surface area contributed by atoms with Crippen LogP contribution in [0.3, 0.4) is 0 Å². The number of aryl methyl sites for hydroxylation is 3. The van der Waals surface area contributed by atoms with Gasteiger partial charge < -0.3 is 4.74 Å². The normalized spacial score (nSPS) is 11.7. The van der Waals surface area contributed by atoms with Gasteiger partial charge in [-0.15, -0.1) is 0 Å². The summed E-state index contributed by atoms with van der Waals surface area (Å²) in [6.07, 6.45) is 1.04. The lowest BCUT2D eigenvalue weighted by atomic mass is 10.2. The number of carbonyl (C=O) groups is 1. The maximum Gasteiger partial charge on any atom is 0.305 e. The summed E-state index contributed by atoms with van der Waals surface area (Å²) in [5, 5.41) is 0.287. The third-order valence-corrected chi connectivity index (χ3v) is 6.67. The number of halogens is 1. The van der Waals surface area contributed by atoms with E-state index >= 15 is 0 Å². The molecule has 0 fully saturated rings. The quantitative estimate of drug-likeness (QED) is 0.444. The predicted octanol–water partition coefficient (Wildman–Crippen LogP) is 4.04. The van der Waals surface area contributed by atoms with Crippen LogP contribution in [0, 0.1) is 13.8 Å². The minimum Gasteiger partial charge on any atom is -0.469 e. The second-order valence-corrected chi connectivity index (χ2v) is 8.78. The number of pyridine rings is 1. The molecule has 0 spiro atoms. The number of fused-ring (bicyclic) bond motifs is 1. The van der Waals surface area contributed by atoms with Crippen molar-refractivity contribution in [1.29, 1.82) is 0 Å². The largest absolute Gasteiger partial charge is 0.469 e. The molecule has 3 aromatic rings. The van der Waals surface area contributed by atoms with Gasteiger partial charge in [0, 0.05) is 12.1 Å². The molecule has 0 aliphatic carbocycles. The predicted molar refractivity (Wildman–Crippen MR) is 108 cm³/mol. The average molecular weight is 421 g/mol. The molecular formula is C20H21ClN2O4S. The van der Waals surface area contributed by atoms with E-state index in [1.807, 2.05) is 13.0 Å². The molecule has 8 heteroatoms. The van der Waals surface area contributed by atoms with E-state index in [1.54, 1.807) is 37.3 Å². The van der Waals surface area contributed by atoms with Crippen molar-refractivity contribution in [3.8, 4) is 0 Å². The zero-order valence-corrected chi connectivity index (χ0v) is 17.5. The highest BCUT2D eigenvalue weighted by atomic mass is 35.5. The zero-order valence-electron chi connectivity index (χ0n) is 15.9. The van der Waals surface area contributed by atoms with Crippen molar-refractivity contribution in [2.24, 2.45) is 0 Å². The second kappa shape index (κ2) is 7.93. The molecule has 0 saturated heterocycles. The third kappa shape index (κ3) is 3.91.